The van der Waals surface area contributed by atoms with E-state index in [2.05, 4.69) is 0 Å². The Balaban J connectivity index is 2.55. The third-order valence-corrected chi connectivity index (χ3v) is 3.65. The van der Waals surface area contributed by atoms with Gasteiger partial charge in [0.2, 0.25) is 0 Å². The van der Waals surface area contributed by atoms with Crippen LogP contribution in [0.2, 0.25) is 5.02 Å². The molecule has 1 aromatic carbocycles. The normalized spacial score (nSPS) is 14.2. The van der Waals surface area contributed by atoms with Gasteiger partial charge in [-0.05, 0) is 31.5 Å². The summed E-state index contributed by atoms with van der Waals surface area (Å²) in [4.78, 5) is 25.6. The Morgan fingerprint density at radius 2 is 2.00 bits per heavy atom. The van der Waals surface area contributed by atoms with E-state index in [9.17, 15) is 9.59 Å². The lowest BCUT2D eigenvalue weighted by molar-refractivity contribution is -0.138. The second-order valence-corrected chi connectivity index (χ2v) is 5.88. The maximum absolute atomic E-state index is 12.3. The van der Waals surface area contributed by atoms with Crippen LogP contribution in [0.25, 0.3) is 0 Å². The predicted octanol–water partition coefficient (Wildman–Crippen LogP) is 4.13. The number of anilines is 1. The van der Waals surface area contributed by atoms with Crippen molar-refractivity contribution in [3.05, 3.63) is 50.6 Å². The second-order valence-electron chi connectivity index (χ2n) is 4.49. The molecule has 1 aliphatic heterocycles. The molecule has 4 nitrogen and oxygen atoms in total. The van der Waals surface area contributed by atoms with Crippen molar-refractivity contribution in [2.75, 3.05) is 11.5 Å². The quantitative estimate of drug-likeness (QED) is 0.761. The van der Waals surface area contributed by atoms with E-state index in [0.717, 1.165) is 11.6 Å². The zero-order valence-corrected chi connectivity index (χ0v) is 14.1. The summed E-state index contributed by atoms with van der Waals surface area (Å²) in [6, 6.07) is 5.06. The molecule has 7 heteroatoms. The molecule has 1 aromatic rings. The number of halogens is 3. The van der Waals surface area contributed by atoms with Gasteiger partial charge in [-0.3, -0.25) is 9.69 Å². The largest absolute Gasteiger partial charge is 0.462 e. The Hall–Kier alpha value is -1.49. The highest BCUT2D eigenvalue weighted by atomic mass is 35.5. The zero-order chi connectivity index (χ0) is 16.4. The van der Waals surface area contributed by atoms with Crippen LogP contribution in [0.1, 0.15) is 12.5 Å². The summed E-state index contributed by atoms with van der Waals surface area (Å²) < 4.78 is 4.72. The van der Waals surface area contributed by atoms with Crippen LogP contribution in [0.15, 0.2) is 40.0 Å². The molecule has 2 rings (SSSR count). The second kappa shape index (κ2) is 6.73. The molecule has 0 atom stereocenters. The third-order valence-electron chi connectivity index (χ3n) is 3.05. The van der Waals surface area contributed by atoms with E-state index in [4.69, 9.17) is 39.5 Å². The summed E-state index contributed by atoms with van der Waals surface area (Å²) in [7, 11) is 0. The fourth-order valence-electron chi connectivity index (χ4n) is 2.10. The number of ether oxygens (including phenoxy) is 1. The van der Waals surface area contributed by atoms with E-state index < -0.39 is 11.9 Å². The highest BCUT2D eigenvalue weighted by molar-refractivity contribution is 6.57. The van der Waals surface area contributed by atoms with E-state index in [0.29, 0.717) is 10.7 Å². The van der Waals surface area contributed by atoms with E-state index in [1.807, 2.05) is 0 Å². The Kier molecular flexibility index (Phi) is 5.16. The molecule has 22 heavy (non-hydrogen) atoms. The van der Waals surface area contributed by atoms with Crippen LogP contribution in [0.5, 0.6) is 0 Å². The van der Waals surface area contributed by atoms with Crippen LogP contribution >= 0.6 is 34.8 Å². The fraction of sp³-hybridized carbons (Fsp3) is 0.200. The van der Waals surface area contributed by atoms with Gasteiger partial charge in [0.05, 0.1) is 23.6 Å². The molecule has 0 radical (unpaired) electrons. The first-order valence-electron chi connectivity index (χ1n) is 6.41. The molecule has 0 N–H and O–H groups in total. The highest BCUT2D eigenvalue weighted by Gasteiger charge is 2.36. The summed E-state index contributed by atoms with van der Waals surface area (Å²) in [6.45, 7) is 3.65. The lowest BCUT2D eigenvalue weighted by Crippen LogP contribution is -2.26. The van der Waals surface area contributed by atoms with Crippen LogP contribution in [0.3, 0.4) is 0 Å². The van der Waals surface area contributed by atoms with Crippen molar-refractivity contribution in [3.8, 4) is 0 Å². The van der Waals surface area contributed by atoms with Crippen LogP contribution < -0.4 is 4.90 Å². The number of aryl methyl sites for hydroxylation is 1. The van der Waals surface area contributed by atoms with Gasteiger partial charge in [0.25, 0.3) is 5.91 Å². The van der Waals surface area contributed by atoms with Crippen molar-refractivity contribution in [1.82, 2.24) is 0 Å². The minimum absolute atomic E-state index is 0.0197. The van der Waals surface area contributed by atoms with Crippen LogP contribution in [-0.2, 0) is 14.3 Å². The summed E-state index contributed by atoms with van der Waals surface area (Å²) in [6.07, 6.45) is 1.15. The number of rotatable bonds is 3. The summed E-state index contributed by atoms with van der Waals surface area (Å²) >= 11 is 17.8. The third kappa shape index (κ3) is 3.14. The Morgan fingerprint density at radius 1 is 1.32 bits per heavy atom. The van der Waals surface area contributed by atoms with E-state index >= 15 is 0 Å². The van der Waals surface area contributed by atoms with Crippen LogP contribution in [-0.4, -0.2) is 18.5 Å². The summed E-state index contributed by atoms with van der Waals surface area (Å²) in [5, 5.41) is 0.447. The monoisotopic (exact) mass is 359 g/mol. The first kappa shape index (κ1) is 16.9. The number of esters is 1. The summed E-state index contributed by atoms with van der Waals surface area (Å²) in [5.41, 5.74) is 1.40. The SMILES string of the molecule is CCOC(=O)C1=CC(=O)N(c2cc(Cl)ccc2C)C1=C(Cl)Cl. The molecule has 0 bridgehead atoms. The summed E-state index contributed by atoms with van der Waals surface area (Å²) in [5.74, 6) is -1.10. The number of amides is 1. The number of nitrogens with zero attached hydrogens (tertiary/aromatic N) is 1. The van der Waals surface area contributed by atoms with Gasteiger partial charge in [0.1, 0.15) is 4.49 Å². The van der Waals surface area contributed by atoms with Gasteiger partial charge in [0.15, 0.2) is 0 Å². The number of hydrogen-bond acceptors (Lipinski definition) is 3. The Morgan fingerprint density at radius 3 is 2.59 bits per heavy atom. The minimum atomic E-state index is -0.660. The standard InChI is InChI=1S/C15H12Cl3NO3/c1-3-22-15(21)10-7-12(20)19(13(10)14(17)18)11-6-9(16)5-4-8(11)2/h4-7H,3H2,1-2H3. The number of carbonyl (C=O) groups is 2. The molecule has 0 saturated carbocycles. The van der Waals surface area contributed by atoms with Crippen molar-refractivity contribution >= 4 is 52.4 Å². The lowest BCUT2D eigenvalue weighted by Gasteiger charge is -2.22. The molecule has 1 amide bonds. The highest BCUT2D eigenvalue weighted by Crippen LogP contribution is 2.37. The van der Waals surface area contributed by atoms with Crippen molar-refractivity contribution in [2.45, 2.75) is 13.8 Å². The average molecular weight is 361 g/mol. The molecule has 0 fully saturated rings. The molecule has 0 aliphatic carbocycles. The number of benzene rings is 1. The fourth-order valence-corrected chi connectivity index (χ4v) is 2.64. The molecule has 0 saturated heterocycles. The maximum atomic E-state index is 12.3. The van der Waals surface area contributed by atoms with Crippen molar-refractivity contribution in [3.63, 3.8) is 0 Å². The van der Waals surface area contributed by atoms with E-state index in [1.165, 1.54) is 4.90 Å². The van der Waals surface area contributed by atoms with Gasteiger partial charge in [-0.15, -0.1) is 0 Å². The van der Waals surface area contributed by atoms with E-state index in [-0.39, 0.29) is 22.4 Å². The molecule has 0 aromatic heterocycles. The Labute approximate surface area is 142 Å². The van der Waals surface area contributed by atoms with Crippen LogP contribution in [0.4, 0.5) is 5.69 Å². The van der Waals surface area contributed by atoms with Gasteiger partial charge in [-0.25, -0.2) is 4.79 Å². The van der Waals surface area contributed by atoms with Gasteiger partial charge in [0, 0.05) is 11.1 Å². The van der Waals surface area contributed by atoms with Crippen molar-refractivity contribution < 1.29 is 14.3 Å². The molecular weight excluding hydrogens is 349 g/mol. The van der Waals surface area contributed by atoms with Gasteiger partial charge >= 0.3 is 5.97 Å². The first-order chi connectivity index (χ1) is 10.4. The molecule has 1 aliphatic rings. The molecular formula is C15H12Cl3NO3. The zero-order valence-electron chi connectivity index (χ0n) is 11.8. The number of hydrogen-bond donors (Lipinski definition) is 0. The van der Waals surface area contributed by atoms with E-state index in [1.54, 1.807) is 32.0 Å². The first-order valence-corrected chi connectivity index (χ1v) is 7.55. The topological polar surface area (TPSA) is 46.6 Å². The molecule has 0 spiro atoms. The number of carbonyl (C=O) groups excluding carboxylic acids is 2. The maximum Gasteiger partial charge on any atom is 0.340 e. The Bertz CT molecular complexity index is 706. The average Bonchev–Trinajstić information content (AvgIpc) is 2.79. The van der Waals surface area contributed by atoms with Crippen molar-refractivity contribution in [1.29, 1.82) is 0 Å². The molecule has 1 heterocycles. The lowest BCUT2D eigenvalue weighted by atomic mass is 10.1. The van der Waals surface area contributed by atoms with Gasteiger partial charge in [-0.2, -0.15) is 0 Å². The molecule has 0 unspecified atom stereocenters. The van der Waals surface area contributed by atoms with Crippen molar-refractivity contribution in [2.24, 2.45) is 0 Å². The molecule has 116 valence electrons. The smallest absolute Gasteiger partial charge is 0.340 e. The van der Waals surface area contributed by atoms with Gasteiger partial charge in [-0.1, -0.05) is 40.9 Å². The predicted molar refractivity (Wildman–Crippen MR) is 87.1 cm³/mol. The van der Waals surface area contributed by atoms with Crippen LogP contribution in [0, 0.1) is 6.92 Å². The minimum Gasteiger partial charge on any atom is -0.462 e. The van der Waals surface area contributed by atoms with Gasteiger partial charge < -0.3 is 4.74 Å².